The van der Waals surface area contributed by atoms with E-state index in [1.807, 2.05) is 20.8 Å². The lowest BCUT2D eigenvalue weighted by Gasteiger charge is -2.20. The first kappa shape index (κ1) is 22.4. The summed E-state index contributed by atoms with van der Waals surface area (Å²) in [6.45, 7) is 10.7. The number of imidazole rings is 1. The summed E-state index contributed by atoms with van der Waals surface area (Å²) >= 11 is 0. The number of fused-ring (bicyclic) bond motifs is 1. The molecular formula is C21H25F3N4O. The number of carbonyl (C=O) groups is 1. The fourth-order valence-corrected chi connectivity index (χ4v) is 2.48. The van der Waals surface area contributed by atoms with Crippen LogP contribution in [-0.2, 0) is 11.0 Å². The van der Waals surface area contributed by atoms with Gasteiger partial charge in [-0.25, -0.2) is 9.50 Å². The Labute approximate surface area is 168 Å². The summed E-state index contributed by atoms with van der Waals surface area (Å²) in [5.74, 6) is -0.502. The van der Waals surface area contributed by atoms with Crippen molar-refractivity contribution in [2.24, 2.45) is 5.41 Å². The highest BCUT2D eigenvalue weighted by molar-refractivity contribution is 5.96. The number of carbonyl (C=O) groups excluding carboxylic acids is 1. The molecule has 0 unspecified atom stereocenters. The third kappa shape index (κ3) is 5.13. The molecule has 0 radical (unpaired) electrons. The lowest BCUT2D eigenvalue weighted by molar-refractivity contribution is -0.137. The third-order valence-electron chi connectivity index (χ3n) is 4.00. The first-order valence-corrected chi connectivity index (χ1v) is 9.31. The van der Waals surface area contributed by atoms with Crippen molar-refractivity contribution in [3.63, 3.8) is 0 Å². The molecule has 5 nitrogen and oxygen atoms in total. The molecule has 2 heterocycles. The predicted octanol–water partition coefficient (Wildman–Crippen LogP) is 5.73. The molecule has 29 heavy (non-hydrogen) atoms. The summed E-state index contributed by atoms with van der Waals surface area (Å²) < 4.78 is 41.6. The van der Waals surface area contributed by atoms with Gasteiger partial charge >= 0.3 is 6.18 Å². The van der Waals surface area contributed by atoms with E-state index in [1.165, 1.54) is 12.1 Å². The molecule has 0 saturated carbocycles. The quantitative estimate of drug-likeness (QED) is 0.591. The number of benzene rings is 1. The first-order valence-electron chi connectivity index (χ1n) is 9.31. The van der Waals surface area contributed by atoms with E-state index in [0.29, 0.717) is 16.9 Å². The van der Waals surface area contributed by atoms with Crippen molar-refractivity contribution < 1.29 is 18.0 Å². The Morgan fingerprint density at radius 2 is 1.72 bits per heavy atom. The van der Waals surface area contributed by atoms with Gasteiger partial charge in [0, 0.05) is 11.0 Å². The van der Waals surface area contributed by atoms with Gasteiger partial charge in [-0.1, -0.05) is 40.7 Å². The monoisotopic (exact) mass is 406 g/mol. The Morgan fingerprint density at radius 1 is 1.07 bits per heavy atom. The number of nitrogens with one attached hydrogen (secondary N) is 1. The molecule has 0 fully saturated rings. The number of halogens is 3. The van der Waals surface area contributed by atoms with Crippen molar-refractivity contribution >= 4 is 17.2 Å². The summed E-state index contributed by atoms with van der Waals surface area (Å²) in [5, 5.41) is 6.69. The number of aromatic nitrogens is 3. The van der Waals surface area contributed by atoms with Crippen LogP contribution >= 0.6 is 0 Å². The number of amides is 1. The van der Waals surface area contributed by atoms with E-state index in [2.05, 4.69) is 15.4 Å². The Balaban J connectivity index is 0.00000145. The molecule has 0 saturated heterocycles. The number of anilines is 1. The molecule has 8 heteroatoms. The summed E-state index contributed by atoms with van der Waals surface area (Å²) in [4.78, 5) is 16.6. The molecular weight excluding hydrogens is 381 g/mol. The topological polar surface area (TPSA) is 59.3 Å². The predicted molar refractivity (Wildman–Crippen MR) is 108 cm³/mol. The third-order valence-corrected chi connectivity index (χ3v) is 4.00. The largest absolute Gasteiger partial charge is 0.418 e. The standard InChI is InChI=1S/C19H19F3N4O.C2H6/c1-11-5-8-16-23-15(10-26(16)25-11)12-6-7-13(19(20,21)22)14(9-12)24-17(27)18(2,3)4;1-2/h5-10H,1-4H3,(H,24,27);1-2H3. The van der Waals surface area contributed by atoms with Crippen molar-refractivity contribution in [3.05, 3.63) is 47.8 Å². The maximum absolute atomic E-state index is 13.4. The lowest BCUT2D eigenvalue weighted by Crippen LogP contribution is -2.28. The zero-order chi connectivity index (χ0) is 22.0. The number of rotatable bonds is 2. The highest BCUT2D eigenvalue weighted by Crippen LogP contribution is 2.37. The van der Waals surface area contributed by atoms with Crippen molar-refractivity contribution in [1.29, 1.82) is 0 Å². The lowest BCUT2D eigenvalue weighted by atomic mass is 9.95. The van der Waals surface area contributed by atoms with Gasteiger partial charge in [0.05, 0.1) is 28.8 Å². The smallest absolute Gasteiger partial charge is 0.325 e. The summed E-state index contributed by atoms with van der Waals surface area (Å²) in [6, 6.07) is 7.16. The van der Waals surface area contributed by atoms with Gasteiger partial charge in [-0.15, -0.1) is 0 Å². The van der Waals surface area contributed by atoms with E-state index in [1.54, 1.807) is 43.6 Å². The number of hydrogen-bond acceptors (Lipinski definition) is 3. The second-order valence-corrected chi connectivity index (χ2v) is 7.37. The van der Waals surface area contributed by atoms with Gasteiger partial charge in [-0.2, -0.15) is 18.3 Å². The zero-order valence-electron chi connectivity index (χ0n) is 17.3. The minimum atomic E-state index is -4.59. The highest BCUT2D eigenvalue weighted by atomic mass is 19.4. The van der Waals surface area contributed by atoms with Crippen molar-refractivity contribution in [2.75, 3.05) is 5.32 Å². The molecule has 0 bridgehead atoms. The van der Waals surface area contributed by atoms with E-state index >= 15 is 0 Å². The van der Waals surface area contributed by atoms with Gasteiger partial charge in [0.25, 0.3) is 0 Å². The summed E-state index contributed by atoms with van der Waals surface area (Å²) in [7, 11) is 0. The van der Waals surface area contributed by atoms with E-state index in [0.717, 1.165) is 11.8 Å². The van der Waals surface area contributed by atoms with Gasteiger partial charge < -0.3 is 5.32 Å². The molecule has 0 spiro atoms. The normalized spacial score (nSPS) is 11.8. The Bertz CT molecular complexity index is 1020. The van der Waals surface area contributed by atoms with Crippen LogP contribution in [0.15, 0.2) is 36.5 Å². The number of hydrogen-bond donors (Lipinski definition) is 1. The number of alkyl halides is 3. The van der Waals surface area contributed by atoms with Crippen molar-refractivity contribution in [1.82, 2.24) is 14.6 Å². The maximum Gasteiger partial charge on any atom is 0.418 e. The second-order valence-electron chi connectivity index (χ2n) is 7.37. The van der Waals surface area contributed by atoms with Crippen molar-refractivity contribution in [3.8, 4) is 11.3 Å². The molecule has 0 aliphatic carbocycles. The average Bonchev–Trinajstić information content (AvgIpc) is 3.04. The fraction of sp³-hybridized carbons (Fsp3) is 0.381. The first-order chi connectivity index (χ1) is 13.4. The minimum absolute atomic E-state index is 0.291. The average molecular weight is 406 g/mol. The van der Waals surface area contributed by atoms with Crippen LogP contribution in [0.1, 0.15) is 45.9 Å². The van der Waals surface area contributed by atoms with Crippen LogP contribution in [0.3, 0.4) is 0 Å². The van der Waals surface area contributed by atoms with Gasteiger partial charge in [0.1, 0.15) is 0 Å². The van der Waals surface area contributed by atoms with Crippen LogP contribution in [0.4, 0.5) is 18.9 Å². The van der Waals surface area contributed by atoms with Crippen LogP contribution in [-0.4, -0.2) is 20.5 Å². The van der Waals surface area contributed by atoms with Gasteiger partial charge in [0.2, 0.25) is 5.91 Å². The molecule has 1 aromatic carbocycles. The fourth-order valence-electron chi connectivity index (χ4n) is 2.48. The van der Waals surface area contributed by atoms with E-state index < -0.39 is 23.1 Å². The highest BCUT2D eigenvalue weighted by Gasteiger charge is 2.35. The SMILES string of the molecule is CC.Cc1ccc2nc(-c3ccc(C(F)(F)F)c(NC(=O)C(C)(C)C)c3)cn2n1. The molecule has 2 aromatic heterocycles. The Hall–Kier alpha value is -2.90. The van der Waals surface area contributed by atoms with Crippen LogP contribution in [0, 0.1) is 12.3 Å². The molecule has 3 rings (SSSR count). The van der Waals surface area contributed by atoms with E-state index in [4.69, 9.17) is 0 Å². The number of aryl methyl sites for hydroxylation is 1. The molecule has 0 atom stereocenters. The molecule has 156 valence electrons. The van der Waals surface area contributed by atoms with Crippen LogP contribution in [0.25, 0.3) is 16.9 Å². The Morgan fingerprint density at radius 3 is 2.31 bits per heavy atom. The van der Waals surface area contributed by atoms with Gasteiger partial charge in [-0.05, 0) is 31.2 Å². The van der Waals surface area contributed by atoms with Gasteiger partial charge in [-0.3, -0.25) is 4.79 Å². The maximum atomic E-state index is 13.4. The van der Waals surface area contributed by atoms with Crippen molar-refractivity contribution in [2.45, 2.75) is 47.7 Å². The molecule has 1 amide bonds. The molecule has 0 aliphatic rings. The number of nitrogens with zero attached hydrogens (tertiary/aromatic N) is 3. The zero-order valence-corrected chi connectivity index (χ0v) is 17.3. The van der Waals surface area contributed by atoms with E-state index in [-0.39, 0.29) is 5.69 Å². The van der Waals surface area contributed by atoms with Crippen LogP contribution in [0.2, 0.25) is 0 Å². The molecule has 0 aliphatic heterocycles. The molecule has 1 N–H and O–H groups in total. The van der Waals surface area contributed by atoms with E-state index in [9.17, 15) is 18.0 Å². The van der Waals surface area contributed by atoms with Gasteiger partial charge in [0.15, 0.2) is 5.65 Å². The Kier molecular flexibility index (Phi) is 6.35. The summed E-state index contributed by atoms with van der Waals surface area (Å²) in [6.07, 6.45) is -2.95. The molecule has 3 aromatic rings. The summed E-state index contributed by atoms with van der Waals surface area (Å²) in [5.41, 5.74) is 0.266. The van der Waals surface area contributed by atoms with Crippen LogP contribution in [0.5, 0.6) is 0 Å². The van der Waals surface area contributed by atoms with Crippen LogP contribution < -0.4 is 5.32 Å². The second kappa shape index (κ2) is 8.23. The minimum Gasteiger partial charge on any atom is -0.325 e.